The number of aliphatic hydroxyl groups excluding tert-OH is 1. The Morgan fingerprint density at radius 3 is 2.76 bits per heavy atom. The third-order valence-electron chi connectivity index (χ3n) is 4.98. The third-order valence-corrected chi connectivity index (χ3v) is 4.98. The van der Waals surface area contributed by atoms with E-state index in [-0.39, 0.29) is 12.8 Å². The first-order valence-corrected chi connectivity index (χ1v) is 8.56. The van der Waals surface area contributed by atoms with Crippen molar-refractivity contribution in [3.05, 3.63) is 59.2 Å². The van der Waals surface area contributed by atoms with Crippen LogP contribution >= 0.6 is 0 Å². The molecular weight excluding hydrogens is 316 g/mol. The molecule has 0 spiro atoms. The van der Waals surface area contributed by atoms with Crippen LogP contribution in [0.3, 0.4) is 0 Å². The number of fused-ring (bicyclic) bond motifs is 1. The first kappa shape index (κ1) is 15.9. The quantitative estimate of drug-likeness (QED) is 0.929. The number of nitriles is 1. The molecule has 2 aliphatic rings. The van der Waals surface area contributed by atoms with Crippen LogP contribution in [-0.4, -0.2) is 29.9 Å². The molecule has 128 valence electrons. The molecule has 25 heavy (non-hydrogen) atoms. The first-order chi connectivity index (χ1) is 12.2. The lowest BCUT2D eigenvalue weighted by atomic mass is 10.0. The fourth-order valence-electron chi connectivity index (χ4n) is 3.65. The minimum absolute atomic E-state index is 0.280. The Morgan fingerprint density at radius 1 is 1.16 bits per heavy atom. The predicted molar refractivity (Wildman–Crippen MR) is 92.2 cm³/mol. The van der Waals surface area contributed by atoms with E-state index in [0.29, 0.717) is 12.1 Å². The molecule has 0 aliphatic carbocycles. The zero-order valence-corrected chi connectivity index (χ0v) is 13.9. The van der Waals surface area contributed by atoms with E-state index in [1.807, 2.05) is 18.2 Å². The summed E-state index contributed by atoms with van der Waals surface area (Å²) in [6.45, 7) is 1.82. The Hall–Kier alpha value is -2.55. The van der Waals surface area contributed by atoms with Crippen LogP contribution in [0.1, 0.15) is 41.7 Å². The summed E-state index contributed by atoms with van der Waals surface area (Å²) in [5.74, 6) is 1.60. The predicted octanol–water partition coefficient (Wildman–Crippen LogP) is 3.16. The van der Waals surface area contributed by atoms with Gasteiger partial charge in [0.15, 0.2) is 11.5 Å². The molecule has 2 aliphatic heterocycles. The van der Waals surface area contributed by atoms with Gasteiger partial charge in [0.1, 0.15) is 0 Å². The van der Waals surface area contributed by atoms with Gasteiger partial charge in [-0.3, -0.25) is 4.90 Å². The van der Waals surface area contributed by atoms with Crippen LogP contribution < -0.4 is 9.47 Å². The molecule has 0 aromatic heterocycles. The Labute approximate surface area is 147 Å². The number of likely N-dealkylation sites (tertiary alicyclic amines) is 1. The molecule has 2 unspecified atom stereocenters. The van der Waals surface area contributed by atoms with Crippen LogP contribution in [0.15, 0.2) is 42.5 Å². The van der Waals surface area contributed by atoms with Crippen LogP contribution in [0, 0.1) is 11.3 Å². The molecule has 0 saturated carbocycles. The summed E-state index contributed by atoms with van der Waals surface area (Å²) in [6, 6.07) is 15.6. The Bertz CT molecular complexity index is 798. The Balaban J connectivity index is 1.48. The second kappa shape index (κ2) is 6.75. The molecular formula is C20H20N2O3. The van der Waals surface area contributed by atoms with Gasteiger partial charge >= 0.3 is 0 Å². The smallest absolute Gasteiger partial charge is 0.231 e. The molecule has 5 heteroatoms. The highest BCUT2D eigenvalue weighted by molar-refractivity contribution is 5.45. The van der Waals surface area contributed by atoms with Crippen molar-refractivity contribution in [3.8, 4) is 17.6 Å². The lowest BCUT2D eigenvalue weighted by molar-refractivity contribution is 0.106. The maximum atomic E-state index is 10.6. The van der Waals surface area contributed by atoms with Crippen molar-refractivity contribution in [1.29, 1.82) is 5.26 Å². The van der Waals surface area contributed by atoms with Crippen LogP contribution in [0.25, 0.3) is 0 Å². The van der Waals surface area contributed by atoms with Crippen molar-refractivity contribution < 1.29 is 14.6 Å². The van der Waals surface area contributed by atoms with E-state index in [9.17, 15) is 5.11 Å². The minimum Gasteiger partial charge on any atom is -0.454 e. The van der Waals surface area contributed by atoms with Crippen LogP contribution in [-0.2, 0) is 0 Å². The van der Waals surface area contributed by atoms with Gasteiger partial charge in [-0.1, -0.05) is 18.2 Å². The van der Waals surface area contributed by atoms with Crippen LogP contribution in [0.2, 0.25) is 0 Å². The minimum atomic E-state index is -0.567. The average Bonchev–Trinajstić information content (AvgIpc) is 3.30. The number of nitrogens with zero attached hydrogens (tertiary/aromatic N) is 2. The fraction of sp³-hybridized carbons (Fsp3) is 0.350. The van der Waals surface area contributed by atoms with Gasteiger partial charge < -0.3 is 14.6 Å². The van der Waals surface area contributed by atoms with Gasteiger partial charge in [0, 0.05) is 12.6 Å². The van der Waals surface area contributed by atoms with Crippen molar-refractivity contribution in [2.75, 3.05) is 19.9 Å². The number of benzene rings is 2. The molecule has 4 rings (SSSR count). The molecule has 2 atom stereocenters. The third kappa shape index (κ3) is 3.19. The van der Waals surface area contributed by atoms with E-state index in [1.54, 1.807) is 12.1 Å². The zero-order valence-electron chi connectivity index (χ0n) is 13.9. The number of β-amino-alcohol motifs (C(OH)–C–C–N with tert-alkyl or cyclic N) is 1. The van der Waals surface area contributed by atoms with Gasteiger partial charge in [-0.15, -0.1) is 0 Å². The van der Waals surface area contributed by atoms with Gasteiger partial charge in [0.05, 0.1) is 17.7 Å². The lowest BCUT2D eigenvalue weighted by Gasteiger charge is -2.27. The molecule has 5 nitrogen and oxygen atoms in total. The maximum Gasteiger partial charge on any atom is 0.231 e. The van der Waals surface area contributed by atoms with Crippen molar-refractivity contribution in [1.82, 2.24) is 4.90 Å². The largest absolute Gasteiger partial charge is 0.454 e. The van der Waals surface area contributed by atoms with Crippen molar-refractivity contribution >= 4 is 0 Å². The van der Waals surface area contributed by atoms with Crippen molar-refractivity contribution in [3.63, 3.8) is 0 Å². The van der Waals surface area contributed by atoms with E-state index < -0.39 is 6.10 Å². The molecule has 2 aromatic rings. The van der Waals surface area contributed by atoms with Crippen molar-refractivity contribution in [2.45, 2.75) is 25.0 Å². The second-order valence-corrected chi connectivity index (χ2v) is 6.52. The highest BCUT2D eigenvalue weighted by atomic mass is 16.7. The van der Waals surface area contributed by atoms with Crippen molar-refractivity contribution in [2.24, 2.45) is 0 Å². The standard InChI is InChI=1S/C20H20N2O3/c21-11-14-3-5-15(6-4-14)18(23)12-22-9-1-2-17(22)16-7-8-19-20(10-16)25-13-24-19/h3-8,10,17-18,23H,1-2,9,12-13H2. The van der Waals surface area contributed by atoms with Gasteiger partial charge in [0.2, 0.25) is 6.79 Å². The molecule has 2 aromatic carbocycles. The number of hydrogen-bond acceptors (Lipinski definition) is 5. The molecule has 0 bridgehead atoms. The fourth-order valence-corrected chi connectivity index (χ4v) is 3.65. The summed E-state index contributed by atoms with van der Waals surface area (Å²) in [7, 11) is 0. The van der Waals surface area contributed by atoms with Crippen LogP contribution in [0.4, 0.5) is 0 Å². The van der Waals surface area contributed by atoms with E-state index in [1.165, 1.54) is 5.56 Å². The van der Waals surface area contributed by atoms with E-state index in [2.05, 4.69) is 23.1 Å². The summed E-state index contributed by atoms with van der Waals surface area (Å²) in [5, 5.41) is 19.5. The lowest BCUT2D eigenvalue weighted by Crippen LogP contribution is -2.28. The van der Waals surface area contributed by atoms with Gasteiger partial charge in [0.25, 0.3) is 0 Å². The highest BCUT2D eigenvalue weighted by Gasteiger charge is 2.29. The van der Waals surface area contributed by atoms with E-state index >= 15 is 0 Å². The van der Waals surface area contributed by atoms with E-state index in [4.69, 9.17) is 14.7 Å². The number of rotatable bonds is 4. The number of hydrogen-bond donors (Lipinski definition) is 1. The average molecular weight is 336 g/mol. The topological polar surface area (TPSA) is 65.7 Å². The first-order valence-electron chi connectivity index (χ1n) is 8.56. The molecule has 1 saturated heterocycles. The molecule has 0 amide bonds. The van der Waals surface area contributed by atoms with Gasteiger partial charge in [-0.05, 0) is 54.8 Å². The number of aliphatic hydroxyl groups is 1. The monoisotopic (exact) mass is 336 g/mol. The normalized spacial score (nSPS) is 20.4. The summed E-state index contributed by atoms with van der Waals surface area (Å²) in [4.78, 5) is 2.32. The second-order valence-electron chi connectivity index (χ2n) is 6.52. The van der Waals surface area contributed by atoms with Gasteiger partial charge in [-0.25, -0.2) is 0 Å². The summed E-state index contributed by atoms with van der Waals surface area (Å²) < 4.78 is 10.9. The van der Waals surface area contributed by atoms with E-state index in [0.717, 1.165) is 36.4 Å². The molecule has 2 heterocycles. The molecule has 1 fully saturated rings. The molecule has 1 N–H and O–H groups in total. The maximum absolute atomic E-state index is 10.6. The Kier molecular flexibility index (Phi) is 4.31. The van der Waals surface area contributed by atoms with Crippen LogP contribution in [0.5, 0.6) is 11.5 Å². The van der Waals surface area contributed by atoms with Gasteiger partial charge in [-0.2, -0.15) is 5.26 Å². The number of ether oxygens (including phenoxy) is 2. The zero-order chi connectivity index (χ0) is 17.2. The molecule has 0 radical (unpaired) electrons. The summed E-state index contributed by atoms with van der Waals surface area (Å²) in [6.07, 6.45) is 1.61. The highest BCUT2D eigenvalue weighted by Crippen LogP contribution is 2.39. The summed E-state index contributed by atoms with van der Waals surface area (Å²) >= 11 is 0. The Morgan fingerprint density at radius 2 is 1.96 bits per heavy atom. The SMILES string of the molecule is N#Cc1ccc(C(O)CN2CCCC2c2ccc3c(c2)OCO3)cc1. The summed E-state index contributed by atoms with van der Waals surface area (Å²) in [5.41, 5.74) is 2.65.